The van der Waals surface area contributed by atoms with E-state index in [-0.39, 0.29) is 5.91 Å². The molecular weight excluding hydrogens is 286 g/mol. The number of rotatable bonds is 4. The molecule has 4 heteroatoms. The number of aromatic nitrogens is 2. The molecule has 0 saturated heterocycles. The van der Waals surface area contributed by atoms with Crippen LogP contribution in [0.25, 0.3) is 5.52 Å². The van der Waals surface area contributed by atoms with Crippen molar-refractivity contribution >= 4 is 17.1 Å². The highest BCUT2D eigenvalue weighted by Gasteiger charge is 2.30. The maximum absolute atomic E-state index is 13.0. The van der Waals surface area contributed by atoms with Gasteiger partial charge in [0.05, 0.1) is 18.1 Å². The van der Waals surface area contributed by atoms with Gasteiger partial charge in [-0.15, -0.1) is 0 Å². The molecule has 1 aliphatic rings. The predicted molar refractivity (Wildman–Crippen MR) is 90.5 cm³/mol. The molecule has 3 aromatic rings. The summed E-state index contributed by atoms with van der Waals surface area (Å²) < 4.78 is 1.82. The number of hydrogen-bond donors (Lipinski definition) is 0. The molecule has 1 fully saturated rings. The van der Waals surface area contributed by atoms with Crippen LogP contribution < -0.4 is 4.90 Å². The van der Waals surface area contributed by atoms with Gasteiger partial charge in [-0.1, -0.05) is 24.3 Å². The van der Waals surface area contributed by atoms with Gasteiger partial charge < -0.3 is 4.90 Å². The van der Waals surface area contributed by atoms with Gasteiger partial charge in [0.2, 0.25) is 5.91 Å². The molecule has 1 aliphatic carbocycles. The number of anilines is 1. The summed E-state index contributed by atoms with van der Waals surface area (Å²) in [4.78, 5) is 15.0. The van der Waals surface area contributed by atoms with Crippen LogP contribution >= 0.6 is 0 Å². The van der Waals surface area contributed by atoms with Crippen molar-refractivity contribution in [3.8, 4) is 0 Å². The number of fused-ring (bicyclic) bond motifs is 1. The van der Waals surface area contributed by atoms with Crippen LogP contribution in [0.4, 0.5) is 5.69 Å². The molecular formula is C19H19N3O. The molecule has 116 valence electrons. The Morgan fingerprint density at radius 1 is 1.13 bits per heavy atom. The summed E-state index contributed by atoms with van der Waals surface area (Å²) in [6.45, 7) is 0. The summed E-state index contributed by atoms with van der Waals surface area (Å²) in [5.41, 5.74) is 2.98. The SMILES string of the molecule is O=C(Cc1cnn2ccccc12)N(c1ccccc1)C1CCC1. The quantitative estimate of drug-likeness (QED) is 0.740. The maximum atomic E-state index is 13.0. The molecule has 0 bridgehead atoms. The molecule has 0 spiro atoms. The lowest BCUT2D eigenvalue weighted by atomic mass is 9.90. The predicted octanol–water partition coefficient (Wildman–Crippen LogP) is 3.46. The van der Waals surface area contributed by atoms with Crippen LogP contribution in [0.3, 0.4) is 0 Å². The van der Waals surface area contributed by atoms with E-state index in [1.807, 2.05) is 64.1 Å². The number of carbonyl (C=O) groups excluding carboxylic acids is 1. The Labute approximate surface area is 135 Å². The molecule has 0 radical (unpaired) electrons. The van der Waals surface area contributed by atoms with Crippen molar-refractivity contribution in [1.29, 1.82) is 0 Å². The highest BCUT2D eigenvalue weighted by atomic mass is 16.2. The first-order valence-corrected chi connectivity index (χ1v) is 8.11. The normalized spacial score (nSPS) is 14.6. The fraction of sp³-hybridized carbons (Fsp3) is 0.263. The molecule has 2 heterocycles. The van der Waals surface area contributed by atoms with E-state index in [1.54, 1.807) is 6.20 Å². The largest absolute Gasteiger partial charge is 0.309 e. The van der Waals surface area contributed by atoms with Crippen LogP contribution in [0, 0.1) is 0 Å². The van der Waals surface area contributed by atoms with Crippen molar-refractivity contribution in [2.75, 3.05) is 4.90 Å². The summed E-state index contributed by atoms with van der Waals surface area (Å²) in [5.74, 6) is 0.152. The first-order chi connectivity index (χ1) is 11.3. The first-order valence-electron chi connectivity index (χ1n) is 8.11. The van der Waals surface area contributed by atoms with Crippen LogP contribution in [0.2, 0.25) is 0 Å². The zero-order valence-electron chi connectivity index (χ0n) is 12.9. The van der Waals surface area contributed by atoms with E-state index in [2.05, 4.69) is 5.10 Å². The molecule has 4 nitrogen and oxygen atoms in total. The van der Waals surface area contributed by atoms with Crippen molar-refractivity contribution in [3.63, 3.8) is 0 Å². The number of hydrogen-bond acceptors (Lipinski definition) is 2. The highest BCUT2D eigenvalue weighted by Crippen LogP contribution is 2.30. The van der Waals surface area contributed by atoms with Crippen LogP contribution in [0.15, 0.2) is 60.9 Å². The third-order valence-corrected chi connectivity index (χ3v) is 4.59. The van der Waals surface area contributed by atoms with Crippen molar-refractivity contribution < 1.29 is 4.79 Å². The molecule has 23 heavy (non-hydrogen) atoms. The van der Waals surface area contributed by atoms with Crippen LogP contribution in [0.1, 0.15) is 24.8 Å². The van der Waals surface area contributed by atoms with Gasteiger partial charge in [0.1, 0.15) is 0 Å². The van der Waals surface area contributed by atoms with E-state index in [0.29, 0.717) is 12.5 Å². The van der Waals surface area contributed by atoms with E-state index in [0.717, 1.165) is 29.6 Å². The molecule has 2 aromatic heterocycles. The molecule has 0 aliphatic heterocycles. The fourth-order valence-electron chi connectivity index (χ4n) is 3.16. The lowest BCUT2D eigenvalue weighted by molar-refractivity contribution is -0.118. The number of amides is 1. The topological polar surface area (TPSA) is 37.6 Å². The van der Waals surface area contributed by atoms with Crippen molar-refractivity contribution in [2.45, 2.75) is 31.7 Å². The van der Waals surface area contributed by atoms with Gasteiger partial charge in [0, 0.05) is 23.5 Å². The second kappa shape index (κ2) is 5.88. The minimum absolute atomic E-state index is 0.152. The molecule has 0 unspecified atom stereocenters. The Morgan fingerprint density at radius 3 is 2.65 bits per heavy atom. The molecule has 1 aromatic carbocycles. The van der Waals surface area contributed by atoms with Crippen molar-refractivity contribution in [3.05, 3.63) is 66.5 Å². The first kappa shape index (κ1) is 14.0. The third-order valence-electron chi connectivity index (χ3n) is 4.59. The van der Waals surface area contributed by atoms with Gasteiger partial charge in [0.25, 0.3) is 0 Å². The van der Waals surface area contributed by atoms with Gasteiger partial charge in [-0.25, -0.2) is 4.52 Å². The van der Waals surface area contributed by atoms with E-state index in [1.165, 1.54) is 6.42 Å². The fourth-order valence-corrected chi connectivity index (χ4v) is 3.16. The van der Waals surface area contributed by atoms with Gasteiger partial charge in [-0.05, 0) is 43.5 Å². The molecule has 0 N–H and O–H groups in total. The summed E-state index contributed by atoms with van der Waals surface area (Å²) in [5, 5.41) is 4.33. The second-order valence-corrected chi connectivity index (χ2v) is 6.06. The molecule has 1 amide bonds. The Morgan fingerprint density at radius 2 is 1.91 bits per heavy atom. The summed E-state index contributed by atoms with van der Waals surface area (Å²) in [6.07, 6.45) is 7.49. The molecule has 4 rings (SSSR count). The monoisotopic (exact) mass is 305 g/mol. The van der Waals surface area contributed by atoms with Crippen molar-refractivity contribution in [1.82, 2.24) is 9.61 Å². The van der Waals surface area contributed by atoms with Gasteiger partial charge >= 0.3 is 0 Å². The maximum Gasteiger partial charge on any atom is 0.231 e. The average molecular weight is 305 g/mol. The number of para-hydroxylation sites is 1. The highest BCUT2D eigenvalue weighted by molar-refractivity contribution is 5.96. The van der Waals surface area contributed by atoms with Crippen molar-refractivity contribution in [2.24, 2.45) is 0 Å². The Balaban J connectivity index is 1.63. The average Bonchev–Trinajstić information content (AvgIpc) is 2.94. The summed E-state index contributed by atoms with van der Waals surface area (Å²) >= 11 is 0. The van der Waals surface area contributed by atoms with Crippen LogP contribution in [0.5, 0.6) is 0 Å². The third kappa shape index (κ3) is 2.61. The minimum atomic E-state index is 0.152. The minimum Gasteiger partial charge on any atom is -0.309 e. The molecule has 0 atom stereocenters. The van der Waals surface area contributed by atoms with E-state index in [4.69, 9.17) is 0 Å². The zero-order chi connectivity index (χ0) is 15.6. The Kier molecular flexibility index (Phi) is 3.58. The van der Waals surface area contributed by atoms with Crippen LogP contribution in [-0.4, -0.2) is 21.6 Å². The molecule has 1 saturated carbocycles. The number of pyridine rings is 1. The Hall–Kier alpha value is -2.62. The van der Waals surface area contributed by atoms with E-state index in [9.17, 15) is 4.79 Å². The van der Waals surface area contributed by atoms with Gasteiger partial charge in [-0.2, -0.15) is 5.10 Å². The number of nitrogens with zero attached hydrogens (tertiary/aromatic N) is 3. The van der Waals surface area contributed by atoms with E-state index >= 15 is 0 Å². The van der Waals surface area contributed by atoms with E-state index < -0.39 is 0 Å². The lowest BCUT2D eigenvalue weighted by Crippen LogP contribution is -2.45. The Bertz CT molecular complexity index is 821. The zero-order valence-corrected chi connectivity index (χ0v) is 12.9. The lowest BCUT2D eigenvalue weighted by Gasteiger charge is -2.37. The summed E-state index contributed by atoms with van der Waals surface area (Å²) in [7, 11) is 0. The smallest absolute Gasteiger partial charge is 0.231 e. The number of benzene rings is 1. The number of carbonyl (C=O) groups is 1. The van der Waals surface area contributed by atoms with Gasteiger partial charge in [0.15, 0.2) is 0 Å². The summed E-state index contributed by atoms with van der Waals surface area (Å²) in [6, 6.07) is 16.3. The standard InChI is InChI=1S/C19H19N3O/c23-19(13-15-14-20-21-12-5-4-11-18(15)21)22(17-9-6-10-17)16-7-2-1-3-8-16/h1-5,7-8,11-12,14,17H,6,9-10,13H2. The van der Waals surface area contributed by atoms with Crippen LogP contribution in [-0.2, 0) is 11.2 Å². The second-order valence-electron chi connectivity index (χ2n) is 6.06. The van der Waals surface area contributed by atoms with Gasteiger partial charge in [-0.3, -0.25) is 4.79 Å².